The third-order valence-electron chi connectivity index (χ3n) is 1.02. The minimum absolute atomic E-state index is 0.202. The third kappa shape index (κ3) is 9.70. The summed E-state index contributed by atoms with van der Waals surface area (Å²) in [5, 5.41) is 8.42. The van der Waals surface area contributed by atoms with Crippen LogP contribution in [0.5, 0.6) is 0 Å². The molecule has 0 aliphatic rings. The van der Waals surface area contributed by atoms with Crippen molar-refractivity contribution in [2.24, 2.45) is 0 Å². The zero-order valence-electron chi connectivity index (χ0n) is 6.98. The van der Waals surface area contributed by atoms with Crippen LogP contribution in [0.25, 0.3) is 0 Å². The van der Waals surface area contributed by atoms with E-state index in [1.807, 2.05) is 0 Å². The van der Waals surface area contributed by atoms with Crippen molar-refractivity contribution in [3.8, 4) is 11.8 Å². The van der Waals surface area contributed by atoms with Gasteiger partial charge in [0, 0.05) is 17.5 Å². The highest BCUT2D eigenvalue weighted by Gasteiger charge is 1.84. The van der Waals surface area contributed by atoms with Crippen LogP contribution < -0.4 is 0 Å². The predicted molar refractivity (Wildman–Crippen MR) is 53.0 cm³/mol. The fourth-order valence-electron chi connectivity index (χ4n) is 0.520. The van der Waals surface area contributed by atoms with Crippen LogP contribution >= 0.6 is 15.9 Å². The molecule has 0 aliphatic heterocycles. The lowest BCUT2D eigenvalue weighted by Gasteiger charge is -1.94. The van der Waals surface area contributed by atoms with Gasteiger partial charge in [-0.1, -0.05) is 28.4 Å². The number of halogens is 1. The van der Waals surface area contributed by atoms with E-state index < -0.39 is 0 Å². The number of hydrogen-bond acceptors (Lipinski definition) is 2. The van der Waals surface area contributed by atoms with Crippen molar-refractivity contribution in [1.82, 2.24) is 0 Å². The number of aliphatic hydroxyl groups is 1. The van der Waals surface area contributed by atoms with E-state index in [0.29, 0.717) is 13.2 Å². The second-order valence-electron chi connectivity index (χ2n) is 2.19. The molecule has 0 atom stereocenters. The minimum Gasteiger partial charge on any atom is -0.396 e. The largest absolute Gasteiger partial charge is 0.396 e. The Kier molecular flexibility index (Phi) is 8.57. The summed E-state index contributed by atoms with van der Waals surface area (Å²) >= 11 is 3.17. The first-order valence-corrected chi connectivity index (χ1v) is 4.54. The van der Waals surface area contributed by atoms with Gasteiger partial charge in [0.05, 0.1) is 6.61 Å². The van der Waals surface area contributed by atoms with Gasteiger partial charge in [0.2, 0.25) is 0 Å². The Morgan fingerprint density at radius 3 is 2.83 bits per heavy atom. The fourth-order valence-corrected chi connectivity index (χ4v) is 0.682. The van der Waals surface area contributed by atoms with Crippen LogP contribution in [0.1, 0.15) is 12.8 Å². The maximum Gasteiger partial charge on any atom is 0.108 e. The van der Waals surface area contributed by atoms with E-state index in [4.69, 9.17) is 9.84 Å². The highest BCUT2D eigenvalue weighted by atomic mass is 79.9. The van der Waals surface area contributed by atoms with E-state index in [2.05, 4.69) is 34.3 Å². The maximum atomic E-state index is 8.42. The summed E-state index contributed by atoms with van der Waals surface area (Å²) in [5.41, 5.74) is 0. The molecule has 0 aromatic heterocycles. The van der Waals surface area contributed by atoms with Crippen LogP contribution in [-0.4, -0.2) is 24.9 Å². The van der Waals surface area contributed by atoms with E-state index in [9.17, 15) is 0 Å². The first-order valence-electron chi connectivity index (χ1n) is 3.75. The quantitative estimate of drug-likeness (QED) is 0.578. The van der Waals surface area contributed by atoms with E-state index in [1.165, 1.54) is 0 Å². The zero-order chi connectivity index (χ0) is 9.23. The van der Waals surface area contributed by atoms with Crippen molar-refractivity contribution in [2.75, 3.05) is 19.8 Å². The van der Waals surface area contributed by atoms with Crippen molar-refractivity contribution in [3.63, 3.8) is 0 Å². The Bertz CT molecular complexity index is 179. The summed E-state index contributed by atoms with van der Waals surface area (Å²) in [7, 11) is 0. The van der Waals surface area contributed by atoms with Gasteiger partial charge in [-0.15, -0.1) is 5.92 Å². The van der Waals surface area contributed by atoms with Gasteiger partial charge in [-0.25, -0.2) is 0 Å². The summed E-state index contributed by atoms with van der Waals surface area (Å²) < 4.78 is 5.91. The number of hydrogen-bond donors (Lipinski definition) is 1. The van der Waals surface area contributed by atoms with Crippen molar-refractivity contribution >= 4 is 15.9 Å². The van der Waals surface area contributed by atoms with Crippen LogP contribution in [0, 0.1) is 11.8 Å². The van der Waals surface area contributed by atoms with Gasteiger partial charge in [-0.05, 0) is 6.42 Å². The fraction of sp³-hybridized carbons (Fsp3) is 0.556. The molecule has 0 aromatic carbocycles. The topological polar surface area (TPSA) is 29.5 Å². The molecule has 3 heteroatoms. The molecule has 0 spiro atoms. The van der Waals surface area contributed by atoms with E-state index in [1.54, 1.807) is 0 Å². The molecule has 0 bridgehead atoms. The summed E-state index contributed by atoms with van der Waals surface area (Å²) in [6.45, 7) is 4.74. The van der Waals surface area contributed by atoms with Gasteiger partial charge in [-0.2, -0.15) is 0 Å². The molecule has 0 heterocycles. The van der Waals surface area contributed by atoms with Crippen LogP contribution in [0.15, 0.2) is 11.1 Å². The van der Waals surface area contributed by atoms with Crippen molar-refractivity contribution in [1.29, 1.82) is 0 Å². The number of unbranched alkanes of at least 4 members (excludes halogenated alkanes) is 1. The van der Waals surface area contributed by atoms with Gasteiger partial charge in [-0.3, -0.25) is 0 Å². The molecular formula is C9H13BrO2. The molecule has 12 heavy (non-hydrogen) atoms. The number of aliphatic hydroxyl groups excluding tert-OH is 1. The summed E-state index contributed by atoms with van der Waals surface area (Å²) in [4.78, 5) is 0. The van der Waals surface area contributed by atoms with Crippen molar-refractivity contribution in [3.05, 3.63) is 11.1 Å². The Morgan fingerprint density at radius 1 is 1.50 bits per heavy atom. The van der Waals surface area contributed by atoms with Crippen molar-refractivity contribution in [2.45, 2.75) is 12.8 Å². The van der Waals surface area contributed by atoms with Crippen LogP contribution in [0.3, 0.4) is 0 Å². The molecule has 1 N–H and O–H groups in total. The lowest BCUT2D eigenvalue weighted by atomic mass is 10.3. The SMILES string of the molecule is C=C(Br)COCC#CCCCO. The lowest BCUT2D eigenvalue weighted by Crippen LogP contribution is -1.93. The summed E-state index contributed by atoms with van der Waals surface area (Å²) in [5.74, 6) is 5.71. The normalized spacial score (nSPS) is 8.83. The second-order valence-corrected chi connectivity index (χ2v) is 3.31. The highest BCUT2D eigenvalue weighted by molar-refractivity contribution is 9.11. The van der Waals surface area contributed by atoms with Gasteiger partial charge >= 0.3 is 0 Å². The molecule has 0 fully saturated rings. The van der Waals surface area contributed by atoms with E-state index >= 15 is 0 Å². The molecular weight excluding hydrogens is 220 g/mol. The molecule has 0 saturated carbocycles. The van der Waals surface area contributed by atoms with Crippen LogP contribution in [0.2, 0.25) is 0 Å². The van der Waals surface area contributed by atoms with E-state index in [-0.39, 0.29) is 6.61 Å². The number of ether oxygens (including phenoxy) is 1. The molecule has 0 radical (unpaired) electrons. The molecule has 0 rings (SSSR count). The smallest absolute Gasteiger partial charge is 0.108 e. The molecule has 0 unspecified atom stereocenters. The molecule has 0 aromatic rings. The zero-order valence-corrected chi connectivity index (χ0v) is 8.56. The Balaban J connectivity index is 3.16. The molecule has 68 valence electrons. The van der Waals surface area contributed by atoms with Gasteiger partial charge in [0.25, 0.3) is 0 Å². The van der Waals surface area contributed by atoms with Gasteiger partial charge in [0.15, 0.2) is 0 Å². The average molecular weight is 233 g/mol. The third-order valence-corrected chi connectivity index (χ3v) is 1.25. The predicted octanol–water partition coefficient (Wildman–Crippen LogP) is 1.69. The lowest BCUT2D eigenvalue weighted by molar-refractivity contribution is 0.197. The molecule has 0 amide bonds. The molecule has 2 nitrogen and oxygen atoms in total. The Labute approximate surface area is 81.7 Å². The second kappa shape index (κ2) is 8.79. The standard InChI is InChI=1S/C9H13BrO2/c1-9(10)8-12-7-5-3-2-4-6-11/h11H,1-2,4,6-8H2. The minimum atomic E-state index is 0.202. The highest BCUT2D eigenvalue weighted by Crippen LogP contribution is 1.99. The van der Waals surface area contributed by atoms with Crippen LogP contribution in [0.4, 0.5) is 0 Å². The first-order chi connectivity index (χ1) is 5.77. The summed E-state index contributed by atoms with van der Waals surface area (Å²) in [6, 6.07) is 0. The molecule has 0 aliphatic carbocycles. The van der Waals surface area contributed by atoms with Crippen LogP contribution in [-0.2, 0) is 4.74 Å². The monoisotopic (exact) mass is 232 g/mol. The summed E-state index contributed by atoms with van der Waals surface area (Å²) in [6.07, 6.45) is 1.47. The Morgan fingerprint density at radius 2 is 2.25 bits per heavy atom. The van der Waals surface area contributed by atoms with Gasteiger partial charge < -0.3 is 9.84 Å². The first kappa shape index (κ1) is 11.7. The number of rotatable bonds is 5. The van der Waals surface area contributed by atoms with Crippen molar-refractivity contribution < 1.29 is 9.84 Å². The van der Waals surface area contributed by atoms with Gasteiger partial charge in [0.1, 0.15) is 6.61 Å². The maximum absolute atomic E-state index is 8.42. The van der Waals surface area contributed by atoms with E-state index in [0.717, 1.165) is 17.3 Å². The Hall–Kier alpha value is -0.300. The average Bonchev–Trinajstić information content (AvgIpc) is 2.02. The molecule has 0 saturated heterocycles.